The van der Waals surface area contributed by atoms with E-state index in [1.165, 1.54) is 4.68 Å². The number of carbonyl (C=O) groups excluding carboxylic acids is 1. The molecule has 32 heavy (non-hydrogen) atoms. The van der Waals surface area contributed by atoms with Gasteiger partial charge in [0.1, 0.15) is 17.2 Å². The molecule has 0 bridgehead atoms. The molecule has 0 atom stereocenters. The van der Waals surface area contributed by atoms with Crippen LogP contribution in [0.5, 0.6) is 17.2 Å². The highest BCUT2D eigenvalue weighted by Gasteiger charge is 2.26. The van der Waals surface area contributed by atoms with Crippen LogP contribution in [-0.4, -0.2) is 55.0 Å². The number of aromatic nitrogens is 2. The summed E-state index contributed by atoms with van der Waals surface area (Å²) in [5.74, 6) is 1.74. The molecule has 1 aliphatic rings. The third-order valence-corrected chi connectivity index (χ3v) is 5.69. The minimum Gasteiger partial charge on any atom is -0.496 e. The lowest BCUT2D eigenvalue weighted by Gasteiger charge is -2.28. The van der Waals surface area contributed by atoms with E-state index >= 15 is 0 Å². The Morgan fingerprint density at radius 2 is 1.66 bits per heavy atom. The van der Waals surface area contributed by atoms with E-state index in [1.807, 2.05) is 18.2 Å². The summed E-state index contributed by atoms with van der Waals surface area (Å²) in [6, 6.07) is 10.7. The maximum absolute atomic E-state index is 13.3. The molecular formula is C24H25N3O5. The number of carbonyl (C=O) groups is 1. The van der Waals surface area contributed by atoms with Crippen molar-refractivity contribution in [2.45, 2.75) is 6.42 Å². The van der Waals surface area contributed by atoms with Crippen LogP contribution < -0.4 is 19.8 Å². The molecule has 1 aromatic heterocycles. The van der Waals surface area contributed by atoms with E-state index in [-0.39, 0.29) is 17.2 Å². The zero-order chi connectivity index (χ0) is 22.8. The molecule has 2 heterocycles. The number of ether oxygens (including phenoxy) is 3. The minimum atomic E-state index is -0.225. The lowest BCUT2D eigenvalue weighted by molar-refractivity contribution is 0.0766. The predicted molar refractivity (Wildman–Crippen MR) is 122 cm³/mol. The van der Waals surface area contributed by atoms with Crippen molar-refractivity contribution in [3.8, 4) is 17.2 Å². The van der Waals surface area contributed by atoms with Crippen molar-refractivity contribution in [3.05, 3.63) is 64.1 Å². The molecule has 1 aliphatic heterocycles. The van der Waals surface area contributed by atoms with E-state index in [0.29, 0.717) is 47.5 Å². The molecule has 0 radical (unpaired) electrons. The summed E-state index contributed by atoms with van der Waals surface area (Å²) in [6.45, 7) is 0.910. The molecule has 3 aromatic rings. The van der Waals surface area contributed by atoms with Crippen molar-refractivity contribution in [3.63, 3.8) is 0 Å². The van der Waals surface area contributed by atoms with E-state index in [9.17, 15) is 9.59 Å². The van der Waals surface area contributed by atoms with Crippen LogP contribution >= 0.6 is 0 Å². The highest BCUT2D eigenvalue weighted by Crippen LogP contribution is 2.41. The zero-order valence-corrected chi connectivity index (χ0v) is 18.5. The van der Waals surface area contributed by atoms with E-state index in [2.05, 4.69) is 5.10 Å². The van der Waals surface area contributed by atoms with Crippen LogP contribution in [-0.2, 0) is 7.05 Å². The average molecular weight is 435 g/mol. The van der Waals surface area contributed by atoms with Crippen LogP contribution in [0.1, 0.15) is 22.5 Å². The predicted octanol–water partition coefficient (Wildman–Crippen LogP) is 2.89. The van der Waals surface area contributed by atoms with E-state index in [4.69, 9.17) is 14.2 Å². The molecule has 2 aromatic carbocycles. The van der Waals surface area contributed by atoms with Crippen molar-refractivity contribution in [2.75, 3.05) is 34.4 Å². The third kappa shape index (κ3) is 3.68. The fraction of sp³-hybridized carbons (Fsp3) is 0.292. The van der Waals surface area contributed by atoms with E-state index in [1.54, 1.807) is 57.5 Å². The number of fused-ring (bicyclic) bond motifs is 1. The normalized spacial score (nSPS) is 13.6. The second kappa shape index (κ2) is 8.74. The molecule has 0 unspecified atom stereocenters. The van der Waals surface area contributed by atoms with Crippen LogP contribution in [0.3, 0.4) is 0 Å². The Morgan fingerprint density at radius 1 is 1.00 bits per heavy atom. The number of benzene rings is 2. The number of rotatable bonds is 5. The summed E-state index contributed by atoms with van der Waals surface area (Å²) in [5, 5.41) is 5.31. The van der Waals surface area contributed by atoms with Crippen molar-refractivity contribution in [1.29, 1.82) is 0 Å². The summed E-state index contributed by atoms with van der Waals surface area (Å²) < 4.78 is 17.7. The molecule has 0 N–H and O–H groups in total. The number of nitrogens with zero attached hydrogens (tertiary/aromatic N) is 3. The molecule has 1 amide bonds. The molecule has 4 rings (SSSR count). The van der Waals surface area contributed by atoms with Crippen molar-refractivity contribution in [2.24, 2.45) is 7.05 Å². The van der Waals surface area contributed by atoms with Crippen molar-refractivity contribution >= 4 is 22.3 Å². The maximum Gasteiger partial charge on any atom is 0.275 e. The summed E-state index contributed by atoms with van der Waals surface area (Å²) in [7, 11) is 6.36. The van der Waals surface area contributed by atoms with Gasteiger partial charge in [0.2, 0.25) is 0 Å². The third-order valence-electron chi connectivity index (χ3n) is 5.69. The Bertz CT molecular complexity index is 1250. The lowest BCUT2D eigenvalue weighted by atomic mass is 9.97. The fourth-order valence-electron chi connectivity index (χ4n) is 4.01. The Labute approximate surface area is 185 Å². The number of hydrogen-bond donors (Lipinski definition) is 0. The van der Waals surface area contributed by atoms with Gasteiger partial charge in [-0.05, 0) is 18.1 Å². The van der Waals surface area contributed by atoms with Crippen molar-refractivity contribution < 1.29 is 19.0 Å². The Kier molecular flexibility index (Phi) is 5.85. The van der Waals surface area contributed by atoms with Gasteiger partial charge < -0.3 is 19.1 Å². The highest BCUT2D eigenvalue weighted by molar-refractivity contribution is 6.05. The first kappa shape index (κ1) is 21.4. The van der Waals surface area contributed by atoms with E-state index < -0.39 is 0 Å². The topological polar surface area (TPSA) is 82.9 Å². The summed E-state index contributed by atoms with van der Waals surface area (Å²) >= 11 is 0. The smallest absolute Gasteiger partial charge is 0.275 e. The minimum absolute atomic E-state index is 0.208. The van der Waals surface area contributed by atoms with Gasteiger partial charge >= 0.3 is 0 Å². The Morgan fingerprint density at radius 3 is 2.22 bits per heavy atom. The van der Waals surface area contributed by atoms with Gasteiger partial charge in [-0.25, -0.2) is 4.68 Å². The highest BCUT2D eigenvalue weighted by atomic mass is 16.5. The summed E-state index contributed by atoms with van der Waals surface area (Å²) in [6.07, 6.45) is 2.62. The van der Waals surface area contributed by atoms with Gasteiger partial charge in [0, 0.05) is 37.7 Å². The quantitative estimate of drug-likeness (QED) is 0.613. The molecule has 8 heteroatoms. The lowest BCUT2D eigenvalue weighted by Crippen LogP contribution is -2.36. The summed E-state index contributed by atoms with van der Waals surface area (Å²) in [5.41, 5.74) is 1.94. The molecule has 166 valence electrons. The molecule has 0 saturated heterocycles. The molecular weight excluding hydrogens is 410 g/mol. The molecule has 0 saturated carbocycles. The van der Waals surface area contributed by atoms with Gasteiger partial charge in [-0.15, -0.1) is 0 Å². The van der Waals surface area contributed by atoms with Crippen LogP contribution in [0.4, 0.5) is 0 Å². The zero-order valence-electron chi connectivity index (χ0n) is 18.5. The largest absolute Gasteiger partial charge is 0.496 e. The first-order chi connectivity index (χ1) is 15.5. The first-order valence-corrected chi connectivity index (χ1v) is 10.2. The number of hydrogen-bond acceptors (Lipinski definition) is 6. The van der Waals surface area contributed by atoms with Gasteiger partial charge in [-0.2, -0.15) is 5.10 Å². The van der Waals surface area contributed by atoms with Gasteiger partial charge in [0.05, 0.1) is 32.3 Å². The molecule has 8 nitrogen and oxygen atoms in total. The number of methoxy groups -OCH3 is 3. The first-order valence-electron chi connectivity index (χ1n) is 10.2. The summed E-state index contributed by atoms with van der Waals surface area (Å²) in [4.78, 5) is 27.4. The van der Waals surface area contributed by atoms with Gasteiger partial charge in [-0.3, -0.25) is 9.59 Å². The van der Waals surface area contributed by atoms with E-state index in [0.717, 1.165) is 11.1 Å². The van der Waals surface area contributed by atoms with Gasteiger partial charge in [-0.1, -0.05) is 24.3 Å². The molecule has 0 spiro atoms. The standard InChI is InChI=1S/C24H25N3O5/c1-26-23(28)18-8-6-5-7-17(18)22(25-26)24(29)27-11-9-15(10-12-27)21-19(31-3)13-16(30-2)14-20(21)32-4/h5-9,13-14H,10-12H2,1-4H3. The Hall–Kier alpha value is -3.81. The van der Waals surface area contributed by atoms with Gasteiger partial charge in [0.25, 0.3) is 11.5 Å². The fourth-order valence-corrected chi connectivity index (χ4v) is 4.01. The average Bonchev–Trinajstić information content (AvgIpc) is 2.85. The van der Waals surface area contributed by atoms with Crippen LogP contribution in [0.2, 0.25) is 0 Å². The van der Waals surface area contributed by atoms with Crippen molar-refractivity contribution in [1.82, 2.24) is 14.7 Å². The second-order valence-corrected chi connectivity index (χ2v) is 7.46. The number of amides is 1. The van der Waals surface area contributed by atoms with Crippen LogP contribution in [0.25, 0.3) is 16.3 Å². The van der Waals surface area contributed by atoms with Crippen LogP contribution in [0, 0.1) is 0 Å². The maximum atomic E-state index is 13.3. The Balaban J connectivity index is 1.67. The molecule has 0 fully saturated rings. The second-order valence-electron chi connectivity index (χ2n) is 7.46. The molecule has 0 aliphatic carbocycles. The monoisotopic (exact) mass is 435 g/mol. The van der Waals surface area contributed by atoms with Crippen LogP contribution in [0.15, 0.2) is 47.3 Å². The number of aryl methyl sites for hydroxylation is 1. The van der Waals surface area contributed by atoms with Gasteiger partial charge in [0.15, 0.2) is 5.69 Å². The SMILES string of the molecule is COc1cc(OC)c(C2=CCN(C(=O)c3nn(C)c(=O)c4ccccc34)CC2)c(OC)c1.